The highest BCUT2D eigenvalue weighted by Gasteiger charge is 2.24. The number of nitrogens with zero attached hydrogens (tertiary/aromatic N) is 2. The number of rotatable bonds is 10. The number of hydrogen-bond acceptors (Lipinski definition) is 9. The molecule has 3 aromatic rings. The Morgan fingerprint density at radius 3 is 2.53 bits per heavy atom. The Morgan fingerprint density at radius 2 is 1.81 bits per heavy atom. The van der Waals surface area contributed by atoms with Gasteiger partial charge in [-0.2, -0.15) is 4.98 Å². The lowest BCUT2D eigenvalue weighted by Crippen LogP contribution is -2.37. The van der Waals surface area contributed by atoms with Crippen molar-refractivity contribution in [2.45, 2.75) is 78.5 Å². The third-order valence-electron chi connectivity index (χ3n) is 7.51. The Labute approximate surface area is 254 Å². The van der Waals surface area contributed by atoms with Gasteiger partial charge in [0.25, 0.3) is 0 Å². The van der Waals surface area contributed by atoms with Gasteiger partial charge < -0.3 is 31.2 Å². The second kappa shape index (κ2) is 14.2. The number of aromatic nitrogens is 2. The Kier molecular flexibility index (Phi) is 10.4. The third kappa shape index (κ3) is 9.07. The lowest BCUT2D eigenvalue weighted by Gasteiger charge is -2.30. The second-order valence-corrected chi connectivity index (χ2v) is 12.0. The number of ether oxygens (including phenoxy) is 2. The molecule has 1 aliphatic rings. The van der Waals surface area contributed by atoms with Gasteiger partial charge in [0.2, 0.25) is 5.95 Å². The molecule has 5 N–H and O–H groups in total. The first kappa shape index (κ1) is 31.6. The summed E-state index contributed by atoms with van der Waals surface area (Å²) in [6.45, 7) is 10.9. The number of nitrogen functional groups attached to an aromatic ring is 1. The van der Waals surface area contributed by atoms with E-state index >= 15 is 0 Å². The number of esters is 1. The molecule has 4 rings (SSSR count). The predicted molar refractivity (Wildman–Crippen MR) is 170 cm³/mol. The van der Waals surface area contributed by atoms with Crippen molar-refractivity contribution in [3.05, 3.63) is 65.4 Å². The van der Waals surface area contributed by atoms with Crippen molar-refractivity contribution in [1.82, 2.24) is 15.3 Å². The zero-order chi connectivity index (χ0) is 31.0. The van der Waals surface area contributed by atoms with Gasteiger partial charge in [0.1, 0.15) is 5.60 Å². The Morgan fingerprint density at radius 1 is 1.07 bits per heavy atom. The molecule has 1 aliphatic carbocycles. The van der Waals surface area contributed by atoms with Crippen LogP contribution in [-0.4, -0.2) is 46.8 Å². The fraction of sp³-hybridized carbons (Fsp3) is 0.455. The molecular formula is C33H44N6O4. The SMILES string of the molecule is CCOC(=O)c1cccc(-c2cccc(CNc3ncc(N)c(NC4CCC(CNC(=O)OC(C)(C)C)CC4)n3)c2C)c1. The molecule has 43 heavy (non-hydrogen) atoms. The smallest absolute Gasteiger partial charge is 0.407 e. The maximum atomic E-state index is 12.2. The van der Waals surface area contributed by atoms with E-state index in [0.29, 0.717) is 48.6 Å². The highest BCUT2D eigenvalue weighted by molar-refractivity contribution is 5.91. The van der Waals surface area contributed by atoms with E-state index in [-0.39, 0.29) is 18.1 Å². The molecule has 0 bridgehead atoms. The van der Waals surface area contributed by atoms with Crippen molar-refractivity contribution in [2.24, 2.45) is 5.92 Å². The molecule has 1 heterocycles. The zero-order valence-electron chi connectivity index (χ0n) is 25.8. The zero-order valence-corrected chi connectivity index (χ0v) is 25.8. The summed E-state index contributed by atoms with van der Waals surface area (Å²) in [4.78, 5) is 33.3. The van der Waals surface area contributed by atoms with Crippen molar-refractivity contribution in [1.29, 1.82) is 0 Å². The number of nitrogens with one attached hydrogen (secondary N) is 3. The van der Waals surface area contributed by atoms with Crippen LogP contribution in [0.25, 0.3) is 11.1 Å². The van der Waals surface area contributed by atoms with E-state index in [1.54, 1.807) is 19.2 Å². The van der Waals surface area contributed by atoms with E-state index < -0.39 is 5.60 Å². The molecule has 1 saturated carbocycles. The first-order valence-corrected chi connectivity index (χ1v) is 15.0. The maximum Gasteiger partial charge on any atom is 0.407 e. The molecule has 0 unspecified atom stereocenters. The third-order valence-corrected chi connectivity index (χ3v) is 7.51. The lowest BCUT2D eigenvalue weighted by molar-refractivity contribution is 0.0509. The van der Waals surface area contributed by atoms with Crippen LogP contribution in [-0.2, 0) is 16.0 Å². The van der Waals surface area contributed by atoms with Crippen molar-refractivity contribution in [3.8, 4) is 11.1 Å². The van der Waals surface area contributed by atoms with Gasteiger partial charge in [-0.3, -0.25) is 0 Å². The summed E-state index contributed by atoms with van der Waals surface area (Å²) in [5.41, 5.74) is 10.9. The van der Waals surface area contributed by atoms with Gasteiger partial charge in [0.15, 0.2) is 5.82 Å². The van der Waals surface area contributed by atoms with Crippen molar-refractivity contribution in [2.75, 3.05) is 29.5 Å². The number of amides is 1. The fourth-order valence-electron chi connectivity index (χ4n) is 5.23. The largest absolute Gasteiger partial charge is 0.462 e. The summed E-state index contributed by atoms with van der Waals surface area (Å²) in [5.74, 6) is 1.19. The Bertz CT molecular complexity index is 1410. The average molecular weight is 589 g/mol. The maximum absolute atomic E-state index is 12.2. The number of hydrogen-bond donors (Lipinski definition) is 4. The van der Waals surface area contributed by atoms with Gasteiger partial charge in [0.05, 0.1) is 24.1 Å². The monoisotopic (exact) mass is 588 g/mol. The van der Waals surface area contributed by atoms with E-state index in [4.69, 9.17) is 15.2 Å². The van der Waals surface area contributed by atoms with Crippen LogP contribution in [0.2, 0.25) is 0 Å². The van der Waals surface area contributed by atoms with Crippen molar-refractivity contribution in [3.63, 3.8) is 0 Å². The highest BCUT2D eigenvalue weighted by atomic mass is 16.6. The second-order valence-electron chi connectivity index (χ2n) is 12.0. The molecule has 1 aromatic heterocycles. The van der Waals surface area contributed by atoms with Gasteiger partial charge in [-0.1, -0.05) is 30.3 Å². The minimum absolute atomic E-state index is 0.243. The van der Waals surface area contributed by atoms with Gasteiger partial charge >= 0.3 is 12.1 Å². The summed E-state index contributed by atoms with van der Waals surface area (Å²) in [6.07, 6.45) is 5.14. The molecule has 0 atom stereocenters. The van der Waals surface area contributed by atoms with Gasteiger partial charge in [-0.25, -0.2) is 14.6 Å². The summed E-state index contributed by atoms with van der Waals surface area (Å²) in [5, 5.41) is 9.74. The van der Waals surface area contributed by atoms with Gasteiger partial charge in [-0.15, -0.1) is 0 Å². The minimum Gasteiger partial charge on any atom is -0.462 e. The standard InChI is InChI=1S/C33H44N6O4/c1-6-42-30(40)24-10-7-9-23(17-24)27-12-8-11-25(21(27)2)19-35-31-36-20-28(34)29(39-31)38-26-15-13-22(14-16-26)18-37-32(41)43-33(3,4)5/h7-12,17,20,22,26H,6,13-16,18-19,34H2,1-5H3,(H,37,41)(H2,35,36,38,39). The van der Waals surface area contributed by atoms with Gasteiger partial charge in [-0.05, 0) is 101 Å². The molecule has 230 valence electrons. The van der Waals surface area contributed by atoms with Crippen LogP contribution in [0, 0.1) is 12.8 Å². The minimum atomic E-state index is -0.501. The Balaban J connectivity index is 1.33. The fourth-order valence-corrected chi connectivity index (χ4v) is 5.23. The first-order chi connectivity index (χ1) is 20.5. The van der Waals surface area contributed by atoms with E-state index in [2.05, 4.69) is 38.9 Å². The van der Waals surface area contributed by atoms with Crippen molar-refractivity contribution < 1.29 is 19.1 Å². The van der Waals surface area contributed by atoms with Crippen LogP contribution in [0.15, 0.2) is 48.7 Å². The molecular weight excluding hydrogens is 544 g/mol. The molecule has 0 aliphatic heterocycles. The molecule has 0 saturated heterocycles. The number of anilines is 3. The van der Waals surface area contributed by atoms with Crippen LogP contribution < -0.4 is 21.7 Å². The molecule has 1 amide bonds. The van der Waals surface area contributed by atoms with E-state index in [9.17, 15) is 9.59 Å². The number of carbonyl (C=O) groups is 2. The molecule has 1 fully saturated rings. The lowest BCUT2D eigenvalue weighted by atomic mass is 9.86. The normalized spacial score (nSPS) is 16.7. The topological polar surface area (TPSA) is 140 Å². The Hall–Kier alpha value is -4.34. The van der Waals surface area contributed by atoms with Gasteiger partial charge in [0, 0.05) is 19.1 Å². The summed E-state index contributed by atoms with van der Waals surface area (Å²) >= 11 is 0. The van der Waals surface area contributed by atoms with Crippen molar-refractivity contribution >= 4 is 29.5 Å². The first-order valence-electron chi connectivity index (χ1n) is 15.0. The number of benzene rings is 2. The molecule has 2 aromatic carbocycles. The van der Waals surface area contributed by atoms with Crippen LogP contribution in [0.3, 0.4) is 0 Å². The number of nitrogens with two attached hydrogens (primary N) is 1. The van der Waals surface area contributed by atoms with Crippen LogP contribution >= 0.6 is 0 Å². The van der Waals surface area contributed by atoms with Crippen LogP contribution in [0.1, 0.15) is 74.9 Å². The molecule has 0 spiro atoms. The highest BCUT2D eigenvalue weighted by Crippen LogP contribution is 2.29. The summed E-state index contributed by atoms with van der Waals surface area (Å²) < 4.78 is 10.5. The molecule has 10 heteroatoms. The molecule has 10 nitrogen and oxygen atoms in total. The summed E-state index contributed by atoms with van der Waals surface area (Å²) in [7, 11) is 0. The van der Waals surface area contributed by atoms with Crippen LogP contribution in [0.4, 0.5) is 22.2 Å². The average Bonchev–Trinajstić information content (AvgIpc) is 2.97. The quantitative estimate of drug-likeness (QED) is 0.200. The predicted octanol–water partition coefficient (Wildman–Crippen LogP) is 6.32. The van der Waals surface area contributed by atoms with E-state index in [0.717, 1.165) is 47.9 Å². The van der Waals surface area contributed by atoms with Crippen LogP contribution in [0.5, 0.6) is 0 Å². The van der Waals surface area contributed by atoms with E-state index in [1.165, 1.54) is 0 Å². The molecule has 0 radical (unpaired) electrons. The summed E-state index contributed by atoms with van der Waals surface area (Å²) in [6, 6.07) is 13.9. The number of alkyl carbamates (subject to hydrolysis) is 1. The number of carbonyl (C=O) groups excluding carboxylic acids is 2. The van der Waals surface area contributed by atoms with E-state index in [1.807, 2.05) is 51.1 Å².